The molecule has 0 spiro atoms. The van der Waals surface area contributed by atoms with Crippen molar-refractivity contribution in [2.45, 2.75) is 50.9 Å². The second-order valence-electron chi connectivity index (χ2n) is 8.46. The Hall–Kier alpha value is -2.67. The first kappa shape index (κ1) is 20.6. The van der Waals surface area contributed by atoms with Crippen LogP contribution in [-0.2, 0) is 11.2 Å². The van der Waals surface area contributed by atoms with Crippen LogP contribution in [-0.4, -0.2) is 48.8 Å². The molecule has 7 heteroatoms. The van der Waals surface area contributed by atoms with E-state index in [4.69, 9.17) is 9.47 Å². The molecule has 0 radical (unpaired) electrons. The summed E-state index contributed by atoms with van der Waals surface area (Å²) >= 11 is 0. The van der Waals surface area contributed by atoms with Crippen LogP contribution in [0.5, 0.6) is 5.75 Å². The van der Waals surface area contributed by atoms with Crippen LogP contribution in [0, 0.1) is 5.82 Å². The van der Waals surface area contributed by atoms with Gasteiger partial charge < -0.3 is 19.7 Å². The Morgan fingerprint density at radius 2 is 2.00 bits per heavy atom. The molecule has 2 fully saturated rings. The molecule has 2 aromatic rings. The molecule has 1 aliphatic carbocycles. The van der Waals surface area contributed by atoms with Crippen LogP contribution in [0.1, 0.15) is 42.6 Å². The molecule has 1 saturated carbocycles. The summed E-state index contributed by atoms with van der Waals surface area (Å²) in [5.41, 5.74) is 1.84. The quantitative estimate of drug-likeness (QED) is 0.787. The monoisotopic (exact) mass is 413 g/mol. The fourth-order valence-corrected chi connectivity index (χ4v) is 4.17. The molecule has 6 nitrogen and oxygen atoms in total. The van der Waals surface area contributed by atoms with E-state index >= 15 is 0 Å². The Labute approximate surface area is 176 Å². The number of nitrogens with zero attached hydrogens (tertiary/aromatic N) is 2. The molecule has 2 aliphatic rings. The van der Waals surface area contributed by atoms with Gasteiger partial charge in [0.25, 0.3) is 5.91 Å². The van der Waals surface area contributed by atoms with Gasteiger partial charge in [0, 0.05) is 24.8 Å². The van der Waals surface area contributed by atoms with Crippen molar-refractivity contribution in [3.05, 3.63) is 53.6 Å². The lowest BCUT2D eigenvalue weighted by atomic mass is 10.0. The van der Waals surface area contributed by atoms with Crippen molar-refractivity contribution >= 4 is 11.6 Å². The second kappa shape index (κ2) is 8.22. The minimum absolute atomic E-state index is 0.127. The van der Waals surface area contributed by atoms with Gasteiger partial charge in [0.05, 0.1) is 36.8 Å². The third-order valence-electron chi connectivity index (χ3n) is 5.77. The first-order chi connectivity index (χ1) is 14.4. The summed E-state index contributed by atoms with van der Waals surface area (Å²) in [6, 6.07) is 6.37. The number of hydrogen-bond acceptors (Lipinski definition) is 5. The highest BCUT2D eigenvalue weighted by Gasteiger charge is 2.44. The highest BCUT2D eigenvalue weighted by atomic mass is 19.1. The number of ether oxygens (including phenoxy) is 2. The third kappa shape index (κ3) is 4.56. The van der Waals surface area contributed by atoms with Gasteiger partial charge in [-0.1, -0.05) is 0 Å². The highest BCUT2D eigenvalue weighted by Crippen LogP contribution is 2.41. The van der Waals surface area contributed by atoms with Crippen molar-refractivity contribution in [3.8, 4) is 5.75 Å². The Bertz CT molecular complexity index is 922. The molecule has 1 N–H and O–H groups in total. The number of nitrogens with one attached hydrogen (secondary N) is 1. The van der Waals surface area contributed by atoms with Gasteiger partial charge in [-0.2, -0.15) is 0 Å². The molecule has 1 aliphatic heterocycles. The molecule has 1 aromatic carbocycles. The van der Waals surface area contributed by atoms with E-state index in [1.54, 1.807) is 25.6 Å². The second-order valence-corrected chi connectivity index (χ2v) is 8.46. The summed E-state index contributed by atoms with van der Waals surface area (Å²) in [7, 11) is 1.57. The Morgan fingerprint density at radius 1 is 1.27 bits per heavy atom. The predicted octanol–water partition coefficient (Wildman–Crippen LogP) is 3.35. The Morgan fingerprint density at radius 3 is 2.67 bits per heavy atom. The minimum atomic E-state index is -0.365. The molecule has 2 atom stereocenters. The fourth-order valence-electron chi connectivity index (χ4n) is 4.17. The van der Waals surface area contributed by atoms with Crippen molar-refractivity contribution in [1.82, 2.24) is 10.3 Å². The lowest BCUT2D eigenvalue weighted by Crippen LogP contribution is -2.45. The van der Waals surface area contributed by atoms with Crippen molar-refractivity contribution in [1.29, 1.82) is 0 Å². The molecule has 2 heterocycles. The molecule has 160 valence electrons. The Balaban J connectivity index is 1.47. The number of carbonyl (C=O) groups excluding carboxylic acids is 1. The van der Waals surface area contributed by atoms with Gasteiger partial charge in [-0.15, -0.1) is 0 Å². The molecule has 0 unspecified atom stereocenters. The number of benzene rings is 1. The number of aromatic nitrogens is 1. The number of amides is 1. The van der Waals surface area contributed by atoms with Crippen LogP contribution in [0.15, 0.2) is 36.7 Å². The number of carbonyl (C=O) groups is 1. The number of pyridine rings is 1. The maximum Gasteiger partial charge on any atom is 0.253 e. The molecule has 1 amide bonds. The van der Waals surface area contributed by atoms with Gasteiger partial charge >= 0.3 is 0 Å². The first-order valence-electron chi connectivity index (χ1n) is 10.4. The van der Waals surface area contributed by atoms with Crippen LogP contribution in [0.4, 0.5) is 10.1 Å². The lowest BCUT2D eigenvalue weighted by molar-refractivity contribution is -0.00523. The van der Waals surface area contributed by atoms with Gasteiger partial charge in [0.2, 0.25) is 0 Å². The lowest BCUT2D eigenvalue weighted by Gasteiger charge is -2.36. The number of halogens is 1. The van der Waals surface area contributed by atoms with Crippen molar-refractivity contribution in [2.24, 2.45) is 0 Å². The third-order valence-corrected chi connectivity index (χ3v) is 5.77. The number of methoxy groups -OCH3 is 1. The van der Waals surface area contributed by atoms with Gasteiger partial charge in [0.15, 0.2) is 0 Å². The summed E-state index contributed by atoms with van der Waals surface area (Å²) < 4.78 is 24.9. The van der Waals surface area contributed by atoms with Gasteiger partial charge in [-0.25, -0.2) is 4.39 Å². The van der Waals surface area contributed by atoms with Gasteiger partial charge in [-0.3, -0.25) is 9.78 Å². The number of morpholine rings is 1. The fraction of sp³-hybridized carbons (Fsp3) is 0.478. The zero-order chi connectivity index (χ0) is 21.3. The molecule has 0 bridgehead atoms. The van der Waals surface area contributed by atoms with Gasteiger partial charge in [-0.05, 0) is 62.9 Å². The summed E-state index contributed by atoms with van der Waals surface area (Å²) in [6.07, 6.45) is 5.86. The normalized spacial score (nSPS) is 22.5. The van der Waals surface area contributed by atoms with Crippen molar-refractivity contribution in [3.63, 3.8) is 0 Å². The SMILES string of the molecule is COc1ccc(F)cc1CC1(NC(=O)c2cncc(N3C[C@@H](C)O[C@@H](C)C3)c2)CC1. The molecule has 30 heavy (non-hydrogen) atoms. The van der Waals surface area contributed by atoms with E-state index in [2.05, 4.69) is 15.2 Å². The maximum atomic E-state index is 13.7. The average Bonchev–Trinajstić information content (AvgIpc) is 3.46. The van der Waals surface area contributed by atoms with Crippen LogP contribution < -0.4 is 15.0 Å². The van der Waals surface area contributed by atoms with Crippen LogP contribution >= 0.6 is 0 Å². The van der Waals surface area contributed by atoms with Crippen LogP contribution in [0.25, 0.3) is 0 Å². The van der Waals surface area contributed by atoms with E-state index in [0.717, 1.165) is 37.2 Å². The van der Waals surface area contributed by atoms with E-state index in [1.165, 1.54) is 12.1 Å². The van der Waals surface area contributed by atoms with E-state index in [9.17, 15) is 9.18 Å². The molecular formula is C23H28FN3O3. The standard InChI is InChI=1S/C23H28FN3O3/c1-15-13-27(14-16(2)30-15)20-9-18(11-25-12-20)22(28)26-23(6-7-23)10-17-8-19(24)4-5-21(17)29-3/h4-5,8-9,11-12,15-16H,6-7,10,13-14H2,1-3H3,(H,26,28)/t15-,16+. The smallest absolute Gasteiger partial charge is 0.253 e. The first-order valence-corrected chi connectivity index (χ1v) is 10.4. The largest absolute Gasteiger partial charge is 0.496 e. The van der Waals surface area contributed by atoms with Crippen molar-refractivity contribution < 1.29 is 18.7 Å². The molecule has 4 rings (SSSR count). The maximum absolute atomic E-state index is 13.7. The van der Waals surface area contributed by atoms with Gasteiger partial charge in [0.1, 0.15) is 11.6 Å². The molecule has 1 aromatic heterocycles. The average molecular weight is 413 g/mol. The summed E-state index contributed by atoms with van der Waals surface area (Å²) in [5.74, 6) is 0.168. The minimum Gasteiger partial charge on any atom is -0.496 e. The topological polar surface area (TPSA) is 63.7 Å². The van der Waals surface area contributed by atoms with Crippen LogP contribution in [0.2, 0.25) is 0 Å². The summed E-state index contributed by atoms with van der Waals surface area (Å²) in [4.78, 5) is 19.5. The summed E-state index contributed by atoms with van der Waals surface area (Å²) in [5, 5.41) is 3.15. The Kier molecular flexibility index (Phi) is 5.64. The highest BCUT2D eigenvalue weighted by molar-refractivity contribution is 5.95. The number of anilines is 1. The van der Waals surface area contributed by atoms with Crippen LogP contribution in [0.3, 0.4) is 0 Å². The predicted molar refractivity (Wildman–Crippen MR) is 113 cm³/mol. The van der Waals surface area contributed by atoms with Crippen molar-refractivity contribution in [2.75, 3.05) is 25.1 Å². The zero-order valence-electron chi connectivity index (χ0n) is 17.7. The molecule has 1 saturated heterocycles. The summed E-state index contributed by atoms with van der Waals surface area (Å²) in [6.45, 7) is 5.62. The van der Waals surface area contributed by atoms with E-state index in [1.807, 2.05) is 19.9 Å². The molecular weight excluding hydrogens is 385 g/mol. The van der Waals surface area contributed by atoms with E-state index < -0.39 is 0 Å². The number of hydrogen-bond donors (Lipinski definition) is 1. The van der Waals surface area contributed by atoms with E-state index in [0.29, 0.717) is 17.7 Å². The van der Waals surface area contributed by atoms with E-state index in [-0.39, 0.29) is 29.5 Å². The zero-order valence-corrected chi connectivity index (χ0v) is 17.7. The number of rotatable bonds is 6.